The molecule has 22 heavy (non-hydrogen) atoms. The van der Waals surface area contributed by atoms with Crippen molar-refractivity contribution in [3.05, 3.63) is 29.8 Å². The number of para-hydroxylation sites is 1. The first-order valence-corrected chi connectivity index (χ1v) is 8.69. The van der Waals surface area contributed by atoms with E-state index >= 15 is 0 Å². The van der Waals surface area contributed by atoms with Crippen LogP contribution in [0.5, 0.6) is 0 Å². The SMILES string of the molecule is C[C@H]1CC(C)(C)N(C(=O)NC2CCCCC2)c2ccccc21. The lowest BCUT2D eigenvalue weighted by Gasteiger charge is -2.46. The van der Waals surface area contributed by atoms with Crippen LogP contribution in [0.2, 0.25) is 0 Å². The summed E-state index contributed by atoms with van der Waals surface area (Å²) in [5.74, 6) is 0.491. The summed E-state index contributed by atoms with van der Waals surface area (Å²) in [7, 11) is 0. The number of fused-ring (bicyclic) bond motifs is 1. The molecule has 0 spiro atoms. The predicted octanol–water partition coefficient (Wildman–Crippen LogP) is 4.82. The molecule has 1 aromatic rings. The van der Waals surface area contributed by atoms with Crippen molar-refractivity contribution in [3.63, 3.8) is 0 Å². The molecule has 3 rings (SSSR count). The van der Waals surface area contributed by atoms with Crippen LogP contribution in [0, 0.1) is 0 Å². The number of anilines is 1. The molecule has 2 aliphatic rings. The molecule has 1 fully saturated rings. The van der Waals surface area contributed by atoms with Gasteiger partial charge in [-0.25, -0.2) is 4.79 Å². The van der Waals surface area contributed by atoms with E-state index in [-0.39, 0.29) is 11.6 Å². The quantitative estimate of drug-likeness (QED) is 0.792. The van der Waals surface area contributed by atoms with Gasteiger partial charge in [0, 0.05) is 17.3 Å². The van der Waals surface area contributed by atoms with Crippen molar-refractivity contribution in [1.82, 2.24) is 5.32 Å². The van der Waals surface area contributed by atoms with Crippen LogP contribution in [-0.4, -0.2) is 17.6 Å². The van der Waals surface area contributed by atoms with Gasteiger partial charge >= 0.3 is 6.03 Å². The minimum absolute atomic E-state index is 0.0799. The molecule has 1 saturated carbocycles. The molecule has 0 unspecified atom stereocenters. The molecule has 1 aliphatic carbocycles. The highest BCUT2D eigenvalue weighted by molar-refractivity contribution is 5.95. The van der Waals surface area contributed by atoms with E-state index in [1.165, 1.54) is 24.8 Å². The van der Waals surface area contributed by atoms with Gasteiger partial charge in [-0.3, -0.25) is 4.90 Å². The van der Waals surface area contributed by atoms with Crippen molar-refractivity contribution in [1.29, 1.82) is 0 Å². The molecule has 120 valence electrons. The first-order valence-electron chi connectivity index (χ1n) is 8.69. The molecular formula is C19H28N2O. The Hall–Kier alpha value is -1.51. The van der Waals surface area contributed by atoms with E-state index in [1.807, 2.05) is 11.0 Å². The molecule has 1 aliphatic heterocycles. The van der Waals surface area contributed by atoms with Crippen molar-refractivity contribution < 1.29 is 4.79 Å². The fourth-order valence-electron chi connectivity index (χ4n) is 4.25. The van der Waals surface area contributed by atoms with E-state index in [0.29, 0.717) is 12.0 Å². The van der Waals surface area contributed by atoms with Crippen LogP contribution in [-0.2, 0) is 0 Å². The molecule has 0 aromatic heterocycles. The Morgan fingerprint density at radius 2 is 1.86 bits per heavy atom. The Morgan fingerprint density at radius 1 is 1.18 bits per heavy atom. The fourth-order valence-corrected chi connectivity index (χ4v) is 4.25. The lowest BCUT2D eigenvalue weighted by Crippen LogP contribution is -2.57. The topological polar surface area (TPSA) is 32.3 Å². The molecule has 0 bridgehead atoms. The second-order valence-electron chi connectivity index (χ2n) is 7.60. The molecular weight excluding hydrogens is 272 g/mol. The molecule has 1 atom stereocenters. The standard InChI is InChI=1S/C19H28N2O/c1-14-13-19(2,3)21(17-12-8-7-11-16(14)17)18(22)20-15-9-5-4-6-10-15/h7-8,11-12,14-15H,4-6,9-10,13H2,1-3H3,(H,20,22)/t14-/m0/s1. The molecule has 1 heterocycles. The van der Waals surface area contributed by atoms with Gasteiger partial charge in [0.15, 0.2) is 0 Å². The van der Waals surface area contributed by atoms with Crippen LogP contribution in [0.15, 0.2) is 24.3 Å². The summed E-state index contributed by atoms with van der Waals surface area (Å²) in [4.78, 5) is 15.0. The van der Waals surface area contributed by atoms with Crippen LogP contribution >= 0.6 is 0 Å². The number of hydrogen-bond donors (Lipinski definition) is 1. The van der Waals surface area contributed by atoms with Gasteiger partial charge in [-0.1, -0.05) is 44.4 Å². The maximum atomic E-state index is 13.0. The molecule has 3 nitrogen and oxygen atoms in total. The third-order valence-electron chi connectivity index (χ3n) is 5.26. The molecule has 1 N–H and O–H groups in total. The number of amides is 2. The fraction of sp³-hybridized carbons (Fsp3) is 0.632. The Kier molecular flexibility index (Phi) is 4.16. The van der Waals surface area contributed by atoms with Crippen LogP contribution in [0.25, 0.3) is 0 Å². The van der Waals surface area contributed by atoms with Gasteiger partial charge in [0.25, 0.3) is 0 Å². The summed E-state index contributed by atoms with van der Waals surface area (Å²) >= 11 is 0. The van der Waals surface area contributed by atoms with Crippen molar-refractivity contribution in [3.8, 4) is 0 Å². The van der Waals surface area contributed by atoms with Crippen molar-refractivity contribution in [2.24, 2.45) is 0 Å². The zero-order valence-electron chi connectivity index (χ0n) is 14.1. The Bertz CT molecular complexity index is 546. The average molecular weight is 300 g/mol. The lowest BCUT2D eigenvalue weighted by atomic mass is 9.80. The summed E-state index contributed by atoms with van der Waals surface area (Å²) in [6, 6.07) is 8.79. The minimum atomic E-state index is -0.146. The third-order valence-corrected chi connectivity index (χ3v) is 5.26. The van der Waals surface area contributed by atoms with E-state index in [2.05, 4.69) is 44.3 Å². The monoisotopic (exact) mass is 300 g/mol. The summed E-state index contributed by atoms with van der Waals surface area (Å²) in [5, 5.41) is 3.29. The number of nitrogens with one attached hydrogen (secondary N) is 1. The maximum absolute atomic E-state index is 13.0. The third kappa shape index (κ3) is 2.86. The van der Waals surface area contributed by atoms with Crippen LogP contribution in [0.3, 0.4) is 0 Å². The number of carbonyl (C=O) groups is 1. The highest BCUT2D eigenvalue weighted by Crippen LogP contribution is 2.43. The van der Waals surface area contributed by atoms with E-state index < -0.39 is 0 Å². The number of nitrogens with zero attached hydrogens (tertiary/aromatic N) is 1. The Morgan fingerprint density at radius 3 is 2.59 bits per heavy atom. The van der Waals surface area contributed by atoms with Crippen molar-refractivity contribution >= 4 is 11.7 Å². The van der Waals surface area contributed by atoms with E-state index in [4.69, 9.17) is 0 Å². The summed E-state index contributed by atoms with van der Waals surface area (Å²) in [6.07, 6.45) is 7.03. The average Bonchev–Trinajstić information content (AvgIpc) is 2.47. The highest BCUT2D eigenvalue weighted by atomic mass is 16.2. The minimum Gasteiger partial charge on any atom is -0.335 e. The highest BCUT2D eigenvalue weighted by Gasteiger charge is 2.40. The van der Waals surface area contributed by atoms with Gasteiger partial charge in [-0.2, -0.15) is 0 Å². The van der Waals surface area contributed by atoms with Crippen LogP contribution in [0.1, 0.15) is 70.8 Å². The molecule has 2 amide bonds. The second kappa shape index (κ2) is 5.94. The normalized spacial score (nSPS) is 24.7. The van der Waals surface area contributed by atoms with E-state index in [0.717, 1.165) is 24.9 Å². The van der Waals surface area contributed by atoms with Crippen molar-refractivity contribution in [2.75, 3.05) is 4.90 Å². The van der Waals surface area contributed by atoms with Gasteiger partial charge in [0.1, 0.15) is 0 Å². The predicted molar refractivity (Wildman–Crippen MR) is 91.4 cm³/mol. The number of rotatable bonds is 1. The van der Waals surface area contributed by atoms with E-state index in [1.54, 1.807) is 0 Å². The summed E-state index contributed by atoms with van der Waals surface area (Å²) < 4.78 is 0. The van der Waals surface area contributed by atoms with Gasteiger partial charge in [0.05, 0.1) is 0 Å². The van der Waals surface area contributed by atoms with Gasteiger partial charge in [0.2, 0.25) is 0 Å². The zero-order valence-corrected chi connectivity index (χ0v) is 14.1. The van der Waals surface area contributed by atoms with Gasteiger partial charge in [-0.15, -0.1) is 0 Å². The molecule has 0 saturated heterocycles. The number of urea groups is 1. The number of benzene rings is 1. The van der Waals surface area contributed by atoms with Crippen LogP contribution in [0.4, 0.5) is 10.5 Å². The number of hydrogen-bond acceptors (Lipinski definition) is 1. The van der Waals surface area contributed by atoms with Gasteiger partial charge in [-0.05, 0) is 50.7 Å². The largest absolute Gasteiger partial charge is 0.335 e. The first-order chi connectivity index (χ1) is 10.5. The zero-order chi connectivity index (χ0) is 15.7. The second-order valence-corrected chi connectivity index (χ2v) is 7.60. The van der Waals surface area contributed by atoms with Gasteiger partial charge < -0.3 is 5.32 Å². The smallest absolute Gasteiger partial charge is 0.322 e. The summed E-state index contributed by atoms with van der Waals surface area (Å²) in [6.45, 7) is 6.62. The number of carbonyl (C=O) groups excluding carboxylic acids is 1. The Balaban J connectivity index is 1.86. The molecule has 3 heteroatoms. The Labute approximate surface area is 134 Å². The maximum Gasteiger partial charge on any atom is 0.322 e. The molecule has 1 aromatic carbocycles. The molecule has 0 radical (unpaired) electrons. The lowest BCUT2D eigenvalue weighted by molar-refractivity contribution is 0.228. The summed E-state index contributed by atoms with van der Waals surface area (Å²) in [5.41, 5.74) is 2.23. The van der Waals surface area contributed by atoms with E-state index in [9.17, 15) is 4.79 Å². The van der Waals surface area contributed by atoms with Crippen LogP contribution < -0.4 is 10.2 Å². The van der Waals surface area contributed by atoms with Crippen molar-refractivity contribution in [2.45, 2.75) is 76.8 Å². The first kappa shape index (κ1) is 15.4.